The minimum Gasteiger partial charge on any atom is -1.00 e. The fraction of sp³-hybridized carbons (Fsp3) is 0.0714. The first kappa shape index (κ1) is 15.9. The number of benzene rings is 2. The van der Waals surface area contributed by atoms with Crippen molar-refractivity contribution in [1.29, 1.82) is 0 Å². The molecule has 0 saturated carbocycles. The molecule has 0 N–H and O–H groups in total. The standard InChI is InChI=1S/C14H10ClN2O2S.BrH/c15-11-4-5-13-14(7-11)20-9-16(13)8-10-2-1-3-12(6-10)17(18)19;/h1-7,9H,8H2;1H/q+1;/p-1. The van der Waals surface area contributed by atoms with Crippen molar-refractivity contribution in [2.75, 3.05) is 0 Å². The van der Waals surface area contributed by atoms with Gasteiger partial charge in [-0.1, -0.05) is 35.1 Å². The first-order valence-electron chi connectivity index (χ1n) is 5.93. The molecule has 3 rings (SSSR count). The van der Waals surface area contributed by atoms with E-state index in [1.54, 1.807) is 23.5 Å². The second-order valence-corrected chi connectivity index (χ2v) is 5.71. The lowest BCUT2D eigenvalue weighted by Gasteiger charge is -1.97. The van der Waals surface area contributed by atoms with Crippen molar-refractivity contribution in [2.24, 2.45) is 0 Å². The summed E-state index contributed by atoms with van der Waals surface area (Å²) in [4.78, 5) is 10.4. The van der Waals surface area contributed by atoms with E-state index in [4.69, 9.17) is 11.6 Å². The summed E-state index contributed by atoms with van der Waals surface area (Å²) in [6.45, 7) is 0.601. The van der Waals surface area contributed by atoms with Gasteiger partial charge in [-0.05, 0) is 12.1 Å². The van der Waals surface area contributed by atoms with Gasteiger partial charge in [0.05, 0.1) is 4.92 Å². The van der Waals surface area contributed by atoms with E-state index in [0.29, 0.717) is 11.6 Å². The summed E-state index contributed by atoms with van der Waals surface area (Å²) in [5.74, 6) is 0. The van der Waals surface area contributed by atoms with E-state index >= 15 is 0 Å². The minimum atomic E-state index is -0.375. The molecule has 2 aromatic carbocycles. The largest absolute Gasteiger partial charge is 1.00 e. The summed E-state index contributed by atoms with van der Waals surface area (Å²) >= 11 is 7.57. The lowest BCUT2D eigenvalue weighted by atomic mass is 10.2. The average molecular weight is 386 g/mol. The normalized spacial score (nSPS) is 10.3. The SMILES string of the molecule is O=[N+]([O-])c1cccc(C[n+]2csc3cc(Cl)ccc32)c1.[Br-]. The van der Waals surface area contributed by atoms with Crippen LogP contribution < -0.4 is 21.5 Å². The smallest absolute Gasteiger partial charge is 0.269 e. The highest BCUT2D eigenvalue weighted by molar-refractivity contribution is 7.16. The molecule has 4 nitrogen and oxygen atoms in total. The average Bonchev–Trinajstić information content (AvgIpc) is 2.81. The van der Waals surface area contributed by atoms with Gasteiger partial charge < -0.3 is 17.0 Å². The van der Waals surface area contributed by atoms with Crippen LogP contribution in [-0.2, 0) is 6.54 Å². The monoisotopic (exact) mass is 384 g/mol. The van der Waals surface area contributed by atoms with Crippen molar-refractivity contribution in [1.82, 2.24) is 0 Å². The Morgan fingerprint density at radius 3 is 2.81 bits per heavy atom. The second kappa shape index (κ2) is 6.51. The van der Waals surface area contributed by atoms with Crippen LogP contribution in [-0.4, -0.2) is 4.92 Å². The van der Waals surface area contributed by atoms with Gasteiger partial charge in [0.15, 0.2) is 6.54 Å². The number of nitro groups is 1. The maximum absolute atomic E-state index is 10.8. The summed E-state index contributed by atoms with van der Waals surface area (Å²) < 4.78 is 3.16. The van der Waals surface area contributed by atoms with Gasteiger partial charge in [0.2, 0.25) is 11.0 Å². The summed E-state index contributed by atoms with van der Waals surface area (Å²) in [6, 6.07) is 12.4. The van der Waals surface area contributed by atoms with Gasteiger partial charge in [-0.15, -0.1) is 0 Å². The Balaban J connectivity index is 0.00000161. The van der Waals surface area contributed by atoms with E-state index in [1.807, 2.05) is 29.8 Å². The third-order valence-corrected chi connectivity index (χ3v) is 4.19. The number of non-ortho nitro benzene ring substituents is 1. The summed E-state index contributed by atoms with van der Waals surface area (Å²) in [5, 5.41) is 11.5. The molecule has 0 spiro atoms. The Labute approximate surface area is 140 Å². The molecule has 0 bridgehead atoms. The number of halogens is 2. The Morgan fingerprint density at radius 2 is 2.05 bits per heavy atom. The second-order valence-electron chi connectivity index (χ2n) is 4.39. The molecule has 3 aromatic rings. The zero-order chi connectivity index (χ0) is 14.1. The zero-order valence-corrected chi connectivity index (χ0v) is 13.9. The van der Waals surface area contributed by atoms with Crippen LogP contribution in [0.5, 0.6) is 0 Å². The van der Waals surface area contributed by atoms with Gasteiger partial charge in [0.25, 0.3) is 5.69 Å². The van der Waals surface area contributed by atoms with E-state index in [-0.39, 0.29) is 27.6 Å². The molecule has 0 unspecified atom stereocenters. The Morgan fingerprint density at radius 1 is 1.24 bits per heavy atom. The van der Waals surface area contributed by atoms with Crippen LogP contribution in [0.4, 0.5) is 5.69 Å². The highest BCUT2D eigenvalue weighted by atomic mass is 79.9. The highest BCUT2D eigenvalue weighted by Gasteiger charge is 2.14. The summed E-state index contributed by atoms with van der Waals surface area (Å²) in [7, 11) is 0. The molecule has 1 heterocycles. The number of fused-ring (bicyclic) bond motifs is 1. The molecule has 108 valence electrons. The van der Waals surface area contributed by atoms with E-state index in [1.165, 1.54) is 6.07 Å². The first-order chi connectivity index (χ1) is 9.63. The molecule has 0 atom stereocenters. The summed E-state index contributed by atoms with van der Waals surface area (Å²) in [6.07, 6.45) is 0. The number of nitrogens with zero attached hydrogens (tertiary/aromatic N) is 2. The van der Waals surface area contributed by atoms with E-state index in [0.717, 1.165) is 15.8 Å². The fourth-order valence-corrected chi connectivity index (χ4v) is 3.25. The lowest BCUT2D eigenvalue weighted by molar-refractivity contribution is -0.658. The van der Waals surface area contributed by atoms with Crippen LogP contribution >= 0.6 is 22.9 Å². The Bertz CT molecular complexity index is 807. The first-order valence-corrected chi connectivity index (χ1v) is 7.19. The Hall–Kier alpha value is -1.50. The molecule has 0 aliphatic carbocycles. The maximum Gasteiger partial charge on any atom is 0.269 e. The molecule has 1 aromatic heterocycles. The van der Waals surface area contributed by atoms with Gasteiger partial charge in [0, 0.05) is 28.8 Å². The van der Waals surface area contributed by atoms with Crippen molar-refractivity contribution >= 4 is 38.8 Å². The topological polar surface area (TPSA) is 47.0 Å². The van der Waals surface area contributed by atoms with Crippen molar-refractivity contribution in [3.05, 3.63) is 68.7 Å². The predicted octanol–water partition coefficient (Wildman–Crippen LogP) is 0.803. The van der Waals surface area contributed by atoms with Crippen LogP contribution in [0, 0.1) is 10.1 Å². The quantitative estimate of drug-likeness (QED) is 0.380. The maximum atomic E-state index is 10.8. The molecule has 0 aliphatic rings. The van der Waals surface area contributed by atoms with E-state index < -0.39 is 0 Å². The predicted molar refractivity (Wildman–Crippen MR) is 79.2 cm³/mol. The third kappa shape index (κ3) is 3.40. The Kier molecular flexibility index (Phi) is 4.92. The number of rotatable bonds is 3. The highest BCUT2D eigenvalue weighted by Crippen LogP contribution is 2.21. The molecule has 7 heteroatoms. The van der Waals surface area contributed by atoms with Crippen LogP contribution in [0.3, 0.4) is 0 Å². The molecule has 0 radical (unpaired) electrons. The van der Waals surface area contributed by atoms with Crippen molar-refractivity contribution in [3.8, 4) is 0 Å². The molecule has 0 amide bonds. The molecular weight excluding hydrogens is 376 g/mol. The molecule has 0 aliphatic heterocycles. The lowest BCUT2D eigenvalue weighted by Crippen LogP contribution is -3.00. The number of thiazole rings is 1. The van der Waals surface area contributed by atoms with Gasteiger partial charge in [0.1, 0.15) is 4.70 Å². The van der Waals surface area contributed by atoms with Crippen LogP contribution in [0.2, 0.25) is 5.02 Å². The van der Waals surface area contributed by atoms with Crippen LogP contribution in [0.1, 0.15) is 5.56 Å². The molecule has 0 fully saturated rings. The number of hydrogen-bond acceptors (Lipinski definition) is 3. The van der Waals surface area contributed by atoms with E-state index in [9.17, 15) is 10.1 Å². The fourth-order valence-electron chi connectivity index (χ4n) is 2.08. The summed E-state index contributed by atoms with van der Waals surface area (Å²) in [5.41, 5.74) is 4.09. The third-order valence-electron chi connectivity index (χ3n) is 3.01. The minimum absolute atomic E-state index is 0. The van der Waals surface area contributed by atoms with Gasteiger partial charge in [-0.3, -0.25) is 10.1 Å². The van der Waals surface area contributed by atoms with Gasteiger partial charge in [-0.25, -0.2) is 0 Å². The van der Waals surface area contributed by atoms with Gasteiger partial charge in [-0.2, -0.15) is 4.57 Å². The molecular formula is C14H10BrClN2O2S. The van der Waals surface area contributed by atoms with Crippen molar-refractivity contribution < 1.29 is 26.5 Å². The molecule has 0 saturated heterocycles. The van der Waals surface area contributed by atoms with Crippen molar-refractivity contribution in [2.45, 2.75) is 6.54 Å². The number of hydrogen-bond donors (Lipinski definition) is 0. The van der Waals surface area contributed by atoms with E-state index in [2.05, 4.69) is 4.57 Å². The zero-order valence-electron chi connectivity index (χ0n) is 10.7. The number of aromatic nitrogens is 1. The van der Waals surface area contributed by atoms with Crippen molar-refractivity contribution in [3.63, 3.8) is 0 Å². The number of nitro benzene ring substituents is 1. The van der Waals surface area contributed by atoms with Crippen LogP contribution in [0.15, 0.2) is 48.0 Å². The van der Waals surface area contributed by atoms with Crippen LogP contribution in [0.25, 0.3) is 10.2 Å². The van der Waals surface area contributed by atoms with Gasteiger partial charge >= 0.3 is 0 Å². The molecule has 21 heavy (non-hydrogen) atoms.